The first kappa shape index (κ1) is 25.7. The number of rotatable bonds is 15. The van der Waals surface area contributed by atoms with Gasteiger partial charge in [0.1, 0.15) is 0 Å². The minimum absolute atomic E-state index is 0.300. The minimum atomic E-state index is -0.300. The molecule has 0 aliphatic carbocycles. The SMILES string of the molecule is CCCCCCCCCCCCOC(C)Oc1c(-c2ccc3ccccc3n2)sc2ccccc12. The van der Waals surface area contributed by atoms with Gasteiger partial charge in [0, 0.05) is 15.5 Å². The van der Waals surface area contributed by atoms with Gasteiger partial charge in [0.2, 0.25) is 0 Å². The van der Waals surface area contributed by atoms with Crippen molar-refractivity contribution in [2.75, 3.05) is 6.61 Å². The van der Waals surface area contributed by atoms with E-state index in [1.54, 1.807) is 11.3 Å². The van der Waals surface area contributed by atoms with Crippen molar-refractivity contribution in [1.82, 2.24) is 4.98 Å². The van der Waals surface area contributed by atoms with Gasteiger partial charge < -0.3 is 9.47 Å². The van der Waals surface area contributed by atoms with Gasteiger partial charge in [-0.15, -0.1) is 11.3 Å². The van der Waals surface area contributed by atoms with Crippen LogP contribution in [-0.4, -0.2) is 17.9 Å². The van der Waals surface area contributed by atoms with E-state index in [1.165, 1.54) is 62.5 Å². The second-order valence-electron chi connectivity index (χ2n) is 9.38. The maximum atomic E-state index is 6.41. The van der Waals surface area contributed by atoms with Gasteiger partial charge in [-0.3, -0.25) is 0 Å². The molecule has 0 aliphatic rings. The van der Waals surface area contributed by atoms with Crippen LogP contribution in [0.4, 0.5) is 0 Å². The lowest BCUT2D eigenvalue weighted by Crippen LogP contribution is -2.17. The third-order valence-corrected chi connectivity index (χ3v) is 7.69. The summed E-state index contributed by atoms with van der Waals surface area (Å²) in [6, 6.07) is 20.9. The summed E-state index contributed by atoms with van der Waals surface area (Å²) in [4.78, 5) is 5.99. The number of aromatic nitrogens is 1. The molecule has 1 atom stereocenters. The summed E-state index contributed by atoms with van der Waals surface area (Å²) in [5, 5.41) is 2.27. The van der Waals surface area contributed by atoms with Gasteiger partial charge in [-0.1, -0.05) is 101 Å². The Labute approximate surface area is 214 Å². The van der Waals surface area contributed by atoms with Crippen molar-refractivity contribution in [2.45, 2.75) is 84.3 Å². The van der Waals surface area contributed by atoms with Crippen LogP contribution in [0.2, 0.25) is 0 Å². The average molecular weight is 490 g/mol. The van der Waals surface area contributed by atoms with E-state index < -0.39 is 0 Å². The normalized spacial score (nSPS) is 12.4. The fourth-order valence-corrected chi connectivity index (χ4v) is 5.64. The number of benzene rings is 2. The molecule has 2 aromatic heterocycles. The lowest BCUT2D eigenvalue weighted by Gasteiger charge is -2.16. The summed E-state index contributed by atoms with van der Waals surface area (Å²) >= 11 is 1.73. The summed E-state index contributed by atoms with van der Waals surface area (Å²) in [5.74, 6) is 0.879. The number of nitrogens with zero attached hydrogens (tertiary/aromatic N) is 1. The highest BCUT2D eigenvalue weighted by molar-refractivity contribution is 7.22. The van der Waals surface area contributed by atoms with Crippen molar-refractivity contribution < 1.29 is 9.47 Å². The molecule has 4 aromatic rings. The molecule has 0 bridgehead atoms. The van der Waals surface area contributed by atoms with Crippen LogP contribution in [0.25, 0.3) is 31.6 Å². The van der Waals surface area contributed by atoms with E-state index in [1.807, 2.05) is 19.1 Å². The molecule has 0 spiro atoms. The third kappa shape index (κ3) is 7.28. The highest BCUT2D eigenvalue weighted by atomic mass is 32.1. The first-order chi connectivity index (χ1) is 17.3. The van der Waals surface area contributed by atoms with Crippen LogP contribution in [0.5, 0.6) is 5.75 Å². The molecule has 0 radical (unpaired) electrons. The molecule has 3 nitrogen and oxygen atoms in total. The molecular formula is C31H39NO2S. The van der Waals surface area contributed by atoms with E-state index in [0.717, 1.165) is 45.6 Å². The molecule has 2 heterocycles. The minimum Gasteiger partial charge on any atom is -0.463 e. The van der Waals surface area contributed by atoms with E-state index in [2.05, 4.69) is 55.5 Å². The van der Waals surface area contributed by atoms with Crippen molar-refractivity contribution in [3.8, 4) is 16.3 Å². The molecule has 0 saturated heterocycles. The number of ether oxygens (including phenoxy) is 2. The number of para-hydroxylation sites is 1. The summed E-state index contributed by atoms with van der Waals surface area (Å²) in [5.41, 5.74) is 1.94. The topological polar surface area (TPSA) is 31.4 Å². The molecule has 4 rings (SSSR count). The zero-order valence-electron chi connectivity index (χ0n) is 21.3. The molecule has 0 aliphatic heterocycles. The Morgan fingerprint density at radius 2 is 1.46 bits per heavy atom. The molecule has 0 N–H and O–H groups in total. The van der Waals surface area contributed by atoms with Crippen molar-refractivity contribution in [3.05, 3.63) is 60.7 Å². The van der Waals surface area contributed by atoms with Crippen LogP contribution < -0.4 is 4.74 Å². The van der Waals surface area contributed by atoms with Gasteiger partial charge in [0.05, 0.1) is 22.7 Å². The fourth-order valence-electron chi connectivity index (χ4n) is 4.54. The lowest BCUT2D eigenvalue weighted by molar-refractivity contribution is -0.0664. The van der Waals surface area contributed by atoms with Gasteiger partial charge in [-0.05, 0) is 37.6 Å². The lowest BCUT2D eigenvalue weighted by atomic mass is 10.1. The number of hydrogen-bond donors (Lipinski definition) is 0. The molecule has 0 fully saturated rings. The maximum absolute atomic E-state index is 6.41. The van der Waals surface area contributed by atoms with Gasteiger partial charge in [-0.2, -0.15) is 0 Å². The molecule has 4 heteroatoms. The van der Waals surface area contributed by atoms with Crippen LogP contribution >= 0.6 is 11.3 Å². The van der Waals surface area contributed by atoms with Crippen LogP contribution in [0.3, 0.4) is 0 Å². The van der Waals surface area contributed by atoms with Crippen LogP contribution in [0.15, 0.2) is 60.7 Å². The molecule has 1 unspecified atom stereocenters. The Morgan fingerprint density at radius 3 is 2.26 bits per heavy atom. The Kier molecular flexibility index (Phi) is 9.97. The maximum Gasteiger partial charge on any atom is 0.197 e. The molecule has 35 heavy (non-hydrogen) atoms. The average Bonchev–Trinajstić information content (AvgIpc) is 3.25. The monoisotopic (exact) mass is 489 g/mol. The Bertz CT molecular complexity index is 1190. The fraction of sp³-hybridized carbons (Fsp3) is 0.452. The predicted octanol–water partition coefficient (Wildman–Crippen LogP) is 9.78. The molecule has 186 valence electrons. The zero-order chi connectivity index (χ0) is 24.3. The van der Waals surface area contributed by atoms with Gasteiger partial charge in [0.15, 0.2) is 12.0 Å². The van der Waals surface area contributed by atoms with Crippen molar-refractivity contribution in [2.24, 2.45) is 0 Å². The predicted molar refractivity (Wildman–Crippen MR) is 150 cm³/mol. The van der Waals surface area contributed by atoms with Crippen molar-refractivity contribution in [3.63, 3.8) is 0 Å². The summed E-state index contributed by atoms with van der Waals surface area (Å²) in [7, 11) is 0. The number of pyridine rings is 1. The number of unbranched alkanes of at least 4 members (excludes halogenated alkanes) is 9. The van der Waals surface area contributed by atoms with Gasteiger partial charge in [-0.25, -0.2) is 4.98 Å². The molecule has 0 saturated carbocycles. The Balaban J connectivity index is 1.31. The molecule has 2 aromatic carbocycles. The summed E-state index contributed by atoms with van der Waals surface area (Å²) in [6.07, 6.45) is 13.0. The first-order valence-electron chi connectivity index (χ1n) is 13.4. The quantitative estimate of drug-likeness (QED) is 0.123. The van der Waals surface area contributed by atoms with E-state index >= 15 is 0 Å². The van der Waals surface area contributed by atoms with E-state index in [9.17, 15) is 0 Å². The molecular weight excluding hydrogens is 450 g/mol. The Morgan fingerprint density at radius 1 is 0.771 bits per heavy atom. The van der Waals surface area contributed by atoms with Crippen LogP contribution in [0.1, 0.15) is 78.1 Å². The van der Waals surface area contributed by atoms with Crippen LogP contribution in [0, 0.1) is 0 Å². The highest BCUT2D eigenvalue weighted by Crippen LogP contribution is 2.44. The van der Waals surface area contributed by atoms with Gasteiger partial charge >= 0.3 is 0 Å². The smallest absolute Gasteiger partial charge is 0.197 e. The largest absolute Gasteiger partial charge is 0.463 e. The summed E-state index contributed by atoms with van der Waals surface area (Å²) in [6.45, 7) is 5.02. The van der Waals surface area contributed by atoms with Crippen molar-refractivity contribution >= 4 is 32.3 Å². The first-order valence-corrected chi connectivity index (χ1v) is 14.2. The number of hydrogen-bond acceptors (Lipinski definition) is 4. The van der Waals surface area contributed by atoms with E-state index in [-0.39, 0.29) is 6.29 Å². The van der Waals surface area contributed by atoms with Crippen LogP contribution in [-0.2, 0) is 4.74 Å². The van der Waals surface area contributed by atoms with Gasteiger partial charge in [0.25, 0.3) is 0 Å². The van der Waals surface area contributed by atoms with Crippen molar-refractivity contribution in [1.29, 1.82) is 0 Å². The van der Waals surface area contributed by atoms with E-state index in [0.29, 0.717) is 0 Å². The third-order valence-electron chi connectivity index (χ3n) is 6.52. The number of thiophene rings is 1. The second-order valence-corrected chi connectivity index (χ2v) is 10.4. The molecule has 0 amide bonds. The standard InChI is InChI=1S/C31H39NO2S/c1-3-4-5-6-7-8-9-10-11-16-23-33-24(2)34-30-26-18-13-15-20-29(26)35-31(30)28-22-21-25-17-12-14-19-27(25)32-28/h12-15,17-22,24H,3-11,16,23H2,1-2H3. The highest BCUT2D eigenvalue weighted by Gasteiger charge is 2.19. The van der Waals surface area contributed by atoms with E-state index in [4.69, 9.17) is 14.5 Å². The Hall–Kier alpha value is -2.43. The number of fused-ring (bicyclic) bond motifs is 2. The summed E-state index contributed by atoms with van der Waals surface area (Å²) < 4.78 is 13.7. The second kappa shape index (κ2) is 13.6. The zero-order valence-corrected chi connectivity index (χ0v) is 22.1.